The van der Waals surface area contributed by atoms with Gasteiger partial charge in [-0.2, -0.15) is 9.78 Å². The van der Waals surface area contributed by atoms with Crippen LogP contribution in [0.5, 0.6) is 17.2 Å². The Hall–Kier alpha value is -5.27. The third kappa shape index (κ3) is 6.59. The van der Waals surface area contributed by atoms with Crippen LogP contribution in [0.1, 0.15) is 36.8 Å². The molecule has 0 aliphatic rings. The fourth-order valence-corrected chi connectivity index (χ4v) is 3.83. The number of hydrogen-bond donors (Lipinski definition) is 4. The number of benzene rings is 2. The zero-order chi connectivity index (χ0) is 28.6. The summed E-state index contributed by atoms with van der Waals surface area (Å²) in [7, 11) is 0. The number of rotatable bonds is 12. The van der Waals surface area contributed by atoms with Gasteiger partial charge in [0.15, 0.2) is 11.6 Å². The Balaban J connectivity index is 1.84. The summed E-state index contributed by atoms with van der Waals surface area (Å²) in [5, 5.41) is 23.2. The first-order valence-corrected chi connectivity index (χ1v) is 12.2. The van der Waals surface area contributed by atoms with Gasteiger partial charge >= 0.3 is 11.7 Å². The second-order valence-corrected chi connectivity index (χ2v) is 8.31. The highest BCUT2D eigenvalue weighted by Crippen LogP contribution is 2.33. The number of esters is 1. The van der Waals surface area contributed by atoms with Crippen LogP contribution in [0.2, 0.25) is 0 Å². The molecule has 1 atom stereocenters. The average Bonchev–Trinajstić information content (AvgIpc) is 3.31. The van der Waals surface area contributed by atoms with Gasteiger partial charge in [0.25, 0.3) is 0 Å². The molecule has 4 aromatic rings. The Morgan fingerprint density at radius 1 is 1.20 bits per heavy atom. The van der Waals surface area contributed by atoms with Gasteiger partial charge < -0.3 is 25.3 Å². The lowest BCUT2D eigenvalue weighted by Gasteiger charge is -2.21. The van der Waals surface area contributed by atoms with Gasteiger partial charge in [-0.1, -0.05) is 0 Å². The number of anilines is 1. The topological polar surface area (TPSA) is 183 Å². The normalized spacial score (nSPS) is 11.5. The first-order valence-electron chi connectivity index (χ1n) is 12.2. The van der Waals surface area contributed by atoms with E-state index in [1.165, 1.54) is 25.3 Å². The SMILES string of the molecule is CCOc1cc(OCCF)cc([C@H](Nc2ccc(C(=N)N)c(OC(C)=O)c2)c2nn(-c3cccnn3)c(=O)[nH]2)c1. The standard InChI is InChI=1S/C26H27FN8O5/c1-3-38-18-11-16(12-19(14-18)39-10-8-27)23(25-32-26(37)35(34-25)22-5-4-9-30-33-22)31-17-6-7-20(24(28)29)21(13-17)40-15(2)36/h4-7,9,11-14,23,31H,3,8,10H2,1-2H3,(H3,28,29)(H,32,34,37)/t23-/m0/s1. The lowest BCUT2D eigenvalue weighted by molar-refractivity contribution is -0.131. The van der Waals surface area contributed by atoms with Crippen LogP contribution in [0.3, 0.4) is 0 Å². The van der Waals surface area contributed by atoms with Crippen LogP contribution in [-0.2, 0) is 4.79 Å². The van der Waals surface area contributed by atoms with E-state index in [0.29, 0.717) is 29.4 Å². The Kier molecular flexibility index (Phi) is 8.69. The van der Waals surface area contributed by atoms with E-state index in [9.17, 15) is 14.0 Å². The summed E-state index contributed by atoms with van der Waals surface area (Å²) in [5.74, 6) is 0.361. The molecule has 4 rings (SSSR count). The molecule has 0 unspecified atom stereocenters. The number of nitrogens with two attached hydrogens (primary N) is 1. The largest absolute Gasteiger partial charge is 0.494 e. The zero-order valence-electron chi connectivity index (χ0n) is 21.7. The van der Waals surface area contributed by atoms with Crippen molar-refractivity contribution < 1.29 is 23.4 Å². The van der Waals surface area contributed by atoms with E-state index in [2.05, 4.69) is 25.6 Å². The lowest BCUT2D eigenvalue weighted by atomic mass is 10.0. The van der Waals surface area contributed by atoms with Gasteiger partial charge in [-0.25, -0.2) is 9.18 Å². The molecule has 0 bridgehead atoms. The number of hydrogen-bond acceptors (Lipinski definition) is 10. The summed E-state index contributed by atoms with van der Waals surface area (Å²) in [6.45, 7) is 2.56. The fourth-order valence-electron chi connectivity index (χ4n) is 3.83. The number of carbonyl (C=O) groups excluding carboxylic acids is 1. The van der Waals surface area contributed by atoms with Gasteiger partial charge in [0, 0.05) is 30.9 Å². The minimum Gasteiger partial charge on any atom is -0.494 e. The van der Waals surface area contributed by atoms with Crippen LogP contribution in [0.15, 0.2) is 59.5 Å². The minimum atomic E-state index is -0.827. The molecule has 0 aliphatic carbocycles. The first-order chi connectivity index (χ1) is 19.3. The Morgan fingerprint density at radius 2 is 1.98 bits per heavy atom. The smallest absolute Gasteiger partial charge is 0.349 e. The van der Waals surface area contributed by atoms with Crippen LogP contribution in [0.4, 0.5) is 10.1 Å². The van der Waals surface area contributed by atoms with Gasteiger partial charge in [-0.05, 0) is 48.9 Å². The average molecular weight is 551 g/mol. The second-order valence-electron chi connectivity index (χ2n) is 8.31. The Labute approximate surface area is 227 Å². The molecule has 0 saturated heterocycles. The molecule has 14 heteroatoms. The van der Waals surface area contributed by atoms with Crippen molar-refractivity contribution in [2.45, 2.75) is 19.9 Å². The molecule has 13 nitrogen and oxygen atoms in total. The van der Waals surface area contributed by atoms with Crippen molar-refractivity contribution in [3.63, 3.8) is 0 Å². The third-order valence-corrected chi connectivity index (χ3v) is 5.41. The van der Waals surface area contributed by atoms with E-state index in [1.54, 1.807) is 36.4 Å². The molecule has 0 spiro atoms. The van der Waals surface area contributed by atoms with Crippen molar-refractivity contribution in [3.8, 4) is 23.1 Å². The molecule has 2 aromatic heterocycles. The molecule has 0 radical (unpaired) electrons. The molecule has 2 heterocycles. The molecule has 2 aromatic carbocycles. The van der Waals surface area contributed by atoms with Gasteiger partial charge in [0.2, 0.25) is 0 Å². The summed E-state index contributed by atoms with van der Waals surface area (Å²) in [6, 6.07) is 12.0. The molecular formula is C26H27FN8O5. The van der Waals surface area contributed by atoms with E-state index < -0.39 is 24.4 Å². The summed E-state index contributed by atoms with van der Waals surface area (Å²) in [5.41, 5.74) is 6.29. The number of aromatic amines is 1. The van der Waals surface area contributed by atoms with Crippen molar-refractivity contribution in [1.29, 1.82) is 5.41 Å². The quantitative estimate of drug-likeness (QED) is 0.0885. The molecule has 208 valence electrons. The number of nitrogens with one attached hydrogen (secondary N) is 3. The fraction of sp³-hybridized carbons (Fsp3) is 0.231. The predicted octanol–water partition coefficient (Wildman–Crippen LogP) is 2.51. The number of nitrogen functional groups attached to an aromatic ring is 1. The van der Waals surface area contributed by atoms with Crippen LogP contribution >= 0.6 is 0 Å². The lowest BCUT2D eigenvalue weighted by Crippen LogP contribution is -2.17. The third-order valence-electron chi connectivity index (χ3n) is 5.41. The van der Waals surface area contributed by atoms with Crippen molar-refractivity contribution in [2.24, 2.45) is 5.73 Å². The van der Waals surface area contributed by atoms with E-state index >= 15 is 0 Å². The van der Waals surface area contributed by atoms with Crippen molar-refractivity contribution >= 4 is 17.5 Å². The first kappa shape index (κ1) is 27.8. The number of carbonyl (C=O) groups is 1. The summed E-state index contributed by atoms with van der Waals surface area (Å²) in [6.07, 6.45) is 1.47. The van der Waals surface area contributed by atoms with Crippen LogP contribution in [-0.4, -0.2) is 56.7 Å². The number of alkyl halides is 1. The van der Waals surface area contributed by atoms with E-state index in [0.717, 1.165) is 4.68 Å². The molecule has 40 heavy (non-hydrogen) atoms. The molecular weight excluding hydrogens is 523 g/mol. The monoisotopic (exact) mass is 550 g/mol. The second kappa shape index (κ2) is 12.5. The van der Waals surface area contributed by atoms with Gasteiger partial charge in [0.05, 0.1) is 12.2 Å². The highest BCUT2D eigenvalue weighted by molar-refractivity contribution is 5.98. The zero-order valence-corrected chi connectivity index (χ0v) is 21.7. The van der Waals surface area contributed by atoms with E-state index in [-0.39, 0.29) is 35.4 Å². The maximum Gasteiger partial charge on any atom is 0.349 e. The molecule has 0 amide bonds. The maximum absolute atomic E-state index is 12.9. The summed E-state index contributed by atoms with van der Waals surface area (Å²) < 4.78 is 30.4. The Bertz CT molecular complexity index is 1560. The number of H-pyrrole nitrogens is 1. The van der Waals surface area contributed by atoms with Crippen molar-refractivity contribution in [3.05, 3.63) is 82.2 Å². The van der Waals surface area contributed by atoms with Crippen LogP contribution in [0.25, 0.3) is 5.82 Å². The minimum absolute atomic E-state index is 0.0670. The van der Waals surface area contributed by atoms with Crippen molar-refractivity contribution in [2.75, 3.05) is 25.2 Å². The number of amidine groups is 1. The molecule has 0 saturated carbocycles. The van der Waals surface area contributed by atoms with Gasteiger partial charge in [-0.3, -0.25) is 15.2 Å². The van der Waals surface area contributed by atoms with Gasteiger partial charge in [-0.15, -0.1) is 10.2 Å². The predicted molar refractivity (Wildman–Crippen MR) is 143 cm³/mol. The maximum atomic E-state index is 12.9. The number of nitrogens with zero attached hydrogens (tertiary/aromatic N) is 4. The molecule has 0 fully saturated rings. The molecule has 0 aliphatic heterocycles. The highest BCUT2D eigenvalue weighted by atomic mass is 19.1. The highest BCUT2D eigenvalue weighted by Gasteiger charge is 2.23. The molecule has 5 N–H and O–H groups in total. The van der Waals surface area contributed by atoms with E-state index in [4.69, 9.17) is 25.4 Å². The summed E-state index contributed by atoms with van der Waals surface area (Å²) >= 11 is 0. The van der Waals surface area contributed by atoms with Crippen LogP contribution < -0.4 is 31.0 Å². The number of ether oxygens (including phenoxy) is 3. The van der Waals surface area contributed by atoms with Gasteiger partial charge in [0.1, 0.15) is 42.4 Å². The Morgan fingerprint density at radius 3 is 2.62 bits per heavy atom. The summed E-state index contributed by atoms with van der Waals surface area (Å²) in [4.78, 5) is 27.3. The number of halogens is 1. The van der Waals surface area contributed by atoms with Crippen LogP contribution in [0, 0.1) is 5.41 Å². The van der Waals surface area contributed by atoms with E-state index in [1.807, 2.05) is 6.92 Å². The van der Waals surface area contributed by atoms with Crippen molar-refractivity contribution in [1.82, 2.24) is 25.0 Å². The number of aromatic nitrogens is 5.